The van der Waals surface area contributed by atoms with Crippen molar-refractivity contribution in [3.63, 3.8) is 0 Å². The molecule has 0 aliphatic carbocycles. The van der Waals surface area contributed by atoms with Gasteiger partial charge in [-0.3, -0.25) is 0 Å². The summed E-state index contributed by atoms with van der Waals surface area (Å²) in [7, 11) is 5.09. The molecule has 9 heteroatoms. The van der Waals surface area contributed by atoms with E-state index >= 15 is 4.39 Å². The molecule has 0 fully saturated rings. The molecule has 0 unspecified atom stereocenters. The van der Waals surface area contributed by atoms with E-state index in [1.54, 1.807) is 37.6 Å². The molecule has 8 nitrogen and oxygen atoms in total. The highest BCUT2D eigenvalue weighted by atomic mass is 19.1. The molecular weight excluding hydrogens is 349 g/mol. The van der Waals surface area contributed by atoms with Gasteiger partial charge in [-0.15, -0.1) is 0 Å². The summed E-state index contributed by atoms with van der Waals surface area (Å²) in [5, 5.41) is 13.2. The van der Waals surface area contributed by atoms with Crippen LogP contribution in [0.15, 0.2) is 30.6 Å². The molecule has 0 saturated heterocycles. The van der Waals surface area contributed by atoms with Gasteiger partial charge in [0.2, 0.25) is 5.95 Å². The number of hydrogen-bond donors (Lipinski definition) is 3. The predicted octanol–water partition coefficient (Wildman–Crippen LogP) is 2.62. The smallest absolute Gasteiger partial charge is 0.229 e. The molecule has 0 radical (unpaired) electrons. The molecule has 0 spiro atoms. The Bertz CT molecular complexity index is 941. The maximum absolute atomic E-state index is 15.3. The molecule has 0 saturated carbocycles. The van der Waals surface area contributed by atoms with Gasteiger partial charge in [-0.1, -0.05) is 0 Å². The molecule has 27 heavy (non-hydrogen) atoms. The van der Waals surface area contributed by atoms with Crippen molar-refractivity contribution in [3.05, 3.63) is 47.7 Å². The molecule has 3 rings (SSSR count). The highest BCUT2D eigenvalue weighted by Crippen LogP contribution is 2.32. The standard InChI is InChI=1S/C18H22FN7O/c1-11-7-15(21-3)25-18(23-11)24-13-5-6-14(27-4)17(16(13)19)26-10-12(8-20-2)9-22-26/h5-7,9-10,20H,8H2,1-4H3,(H2,21,23,24,25). The number of aryl methyl sites for hydroxylation is 1. The first kappa shape index (κ1) is 18.6. The van der Waals surface area contributed by atoms with Crippen LogP contribution in [-0.4, -0.2) is 41.0 Å². The summed E-state index contributed by atoms with van der Waals surface area (Å²) in [6.07, 6.45) is 3.43. The maximum atomic E-state index is 15.3. The fraction of sp³-hybridized carbons (Fsp3) is 0.278. The Labute approximate surface area is 156 Å². The van der Waals surface area contributed by atoms with Crippen molar-refractivity contribution in [3.8, 4) is 11.4 Å². The molecule has 1 aromatic carbocycles. The minimum Gasteiger partial charge on any atom is -0.494 e. The van der Waals surface area contributed by atoms with Crippen molar-refractivity contribution >= 4 is 17.5 Å². The van der Waals surface area contributed by atoms with Crippen molar-refractivity contribution < 1.29 is 9.13 Å². The number of hydrogen-bond acceptors (Lipinski definition) is 7. The second kappa shape index (κ2) is 8.00. The number of rotatable bonds is 7. The van der Waals surface area contributed by atoms with E-state index in [9.17, 15) is 0 Å². The van der Waals surface area contributed by atoms with Crippen LogP contribution >= 0.6 is 0 Å². The van der Waals surface area contributed by atoms with E-state index in [4.69, 9.17) is 4.74 Å². The van der Waals surface area contributed by atoms with Crippen molar-refractivity contribution in [2.45, 2.75) is 13.5 Å². The highest BCUT2D eigenvalue weighted by molar-refractivity contribution is 5.64. The summed E-state index contributed by atoms with van der Waals surface area (Å²) < 4.78 is 22.1. The normalized spacial score (nSPS) is 10.7. The van der Waals surface area contributed by atoms with Gasteiger partial charge < -0.3 is 20.7 Å². The number of nitrogens with zero attached hydrogens (tertiary/aromatic N) is 4. The van der Waals surface area contributed by atoms with E-state index in [0.717, 1.165) is 11.3 Å². The number of benzene rings is 1. The van der Waals surface area contributed by atoms with Gasteiger partial charge in [-0.2, -0.15) is 10.1 Å². The van der Waals surface area contributed by atoms with Gasteiger partial charge in [0.1, 0.15) is 17.3 Å². The minimum atomic E-state index is -0.510. The Morgan fingerprint density at radius 1 is 1.22 bits per heavy atom. The van der Waals surface area contributed by atoms with Crippen molar-refractivity contribution in [1.29, 1.82) is 0 Å². The molecule has 2 aromatic heterocycles. The second-order valence-corrected chi connectivity index (χ2v) is 5.89. The van der Waals surface area contributed by atoms with Gasteiger partial charge in [0, 0.05) is 37.1 Å². The zero-order valence-electron chi connectivity index (χ0n) is 15.7. The Morgan fingerprint density at radius 3 is 2.74 bits per heavy atom. The van der Waals surface area contributed by atoms with Gasteiger partial charge in [-0.25, -0.2) is 14.1 Å². The van der Waals surface area contributed by atoms with Gasteiger partial charge >= 0.3 is 0 Å². The van der Waals surface area contributed by atoms with Gasteiger partial charge in [0.25, 0.3) is 0 Å². The highest BCUT2D eigenvalue weighted by Gasteiger charge is 2.18. The van der Waals surface area contributed by atoms with Crippen LogP contribution in [0.3, 0.4) is 0 Å². The first-order chi connectivity index (χ1) is 13.0. The SMILES string of the molecule is CNCc1cnn(-c2c(OC)ccc(Nc3nc(C)cc(NC)n3)c2F)c1. The zero-order chi connectivity index (χ0) is 19.4. The summed E-state index contributed by atoms with van der Waals surface area (Å²) in [4.78, 5) is 8.60. The lowest BCUT2D eigenvalue weighted by molar-refractivity contribution is 0.407. The predicted molar refractivity (Wildman–Crippen MR) is 102 cm³/mol. The lowest BCUT2D eigenvalue weighted by Gasteiger charge is -2.14. The van der Waals surface area contributed by atoms with Crippen LogP contribution < -0.4 is 20.7 Å². The number of ether oxygens (including phenoxy) is 1. The van der Waals surface area contributed by atoms with Crippen LogP contribution in [0, 0.1) is 12.7 Å². The summed E-state index contributed by atoms with van der Waals surface area (Å²) in [6, 6.07) is 5.06. The third-order valence-electron chi connectivity index (χ3n) is 3.90. The van der Waals surface area contributed by atoms with E-state index in [1.807, 2.05) is 14.0 Å². The van der Waals surface area contributed by atoms with Gasteiger partial charge in [-0.05, 0) is 26.1 Å². The van der Waals surface area contributed by atoms with E-state index in [0.29, 0.717) is 24.1 Å². The van der Waals surface area contributed by atoms with Crippen LogP contribution in [0.5, 0.6) is 5.75 Å². The lowest BCUT2D eigenvalue weighted by atomic mass is 10.2. The van der Waals surface area contributed by atoms with Crippen LogP contribution in [0.4, 0.5) is 21.8 Å². The Hall–Kier alpha value is -3.20. The van der Waals surface area contributed by atoms with Crippen LogP contribution in [0.2, 0.25) is 0 Å². The molecule has 0 aliphatic heterocycles. The summed E-state index contributed by atoms with van der Waals surface area (Å²) >= 11 is 0. The topological polar surface area (TPSA) is 88.9 Å². The molecule has 0 bridgehead atoms. The molecular formula is C18H22FN7O. The van der Waals surface area contributed by atoms with E-state index < -0.39 is 5.82 Å². The fourth-order valence-corrected chi connectivity index (χ4v) is 2.67. The van der Waals surface area contributed by atoms with E-state index in [2.05, 4.69) is 31.0 Å². The quantitative estimate of drug-likeness (QED) is 0.588. The number of anilines is 3. The number of aromatic nitrogens is 4. The second-order valence-electron chi connectivity index (χ2n) is 5.89. The van der Waals surface area contributed by atoms with Crippen molar-refractivity contribution in [2.24, 2.45) is 0 Å². The number of halogens is 1. The maximum Gasteiger partial charge on any atom is 0.229 e. The van der Waals surface area contributed by atoms with Crippen LogP contribution in [-0.2, 0) is 6.54 Å². The Balaban J connectivity index is 2.01. The van der Waals surface area contributed by atoms with Crippen molar-refractivity contribution in [1.82, 2.24) is 25.1 Å². The van der Waals surface area contributed by atoms with Gasteiger partial charge in [0.05, 0.1) is 19.0 Å². The molecule has 2 heterocycles. The molecule has 3 N–H and O–H groups in total. The molecule has 142 valence electrons. The largest absolute Gasteiger partial charge is 0.494 e. The number of nitrogens with one attached hydrogen (secondary N) is 3. The summed E-state index contributed by atoms with van der Waals surface area (Å²) in [5.41, 5.74) is 2.13. The summed E-state index contributed by atoms with van der Waals surface area (Å²) in [5.74, 6) is 0.802. The van der Waals surface area contributed by atoms with Crippen LogP contribution in [0.25, 0.3) is 5.69 Å². The molecule has 0 aliphatic rings. The fourth-order valence-electron chi connectivity index (χ4n) is 2.67. The van der Waals surface area contributed by atoms with Gasteiger partial charge in [0.15, 0.2) is 5.82 Å². The molecule has 0 amide bonds. The Kier molecular flexibility index (Phi) is 5.51. The summed E-state index contributed by atoms with van der Waals surface area (Å²) in [6.45, 7) is 2.47. The first-order valence-electron chi connectivity index (χ1n) is 8.41. The third kappa shape index (κ3) is 3.98. The Morgan fingerprint density at radius 2 is 2.04 bits per heavy atom. The zero-order valence-corrected chi connectivity index (χ0v) is 15.7. The van der Waals surface area contributed by atoms with E-state index in [-0.39, 0.29) is 11.4 Å². The van der Waals surface area contributed by atoms with Crippen molar-refractivity contribution in [2.75, 3.05) is 31.8 Å². The monoisotopic (exact) mass is 371 g/mol. The molecule has 0 atom stereocenters. The average Bonchev–Trinajstić information content (AvgIpc) is 3.11. The lowest BCUT2D eigenvalue weighted by Crippen LogP contribution is -2.07. The molecule has 3 aromatic rings. The minimum absolute atomic E-state index is 0.214. The third-order valence-corrected chi connectivity index (χ3v) is 3.90. The van der Waals surface area contributed by atoms with E-state index in [1.165, 1.54) is 11.8 Å². The van der Waals surface area contributed by atoms with Crippen LogP contribution in [0.1, 0.15) is 11.3 Å². The number of methoxy groups -OCH3 is 1. The first-order valence-corrected chi connectivity index (χ1v) is 8.41. The average molecular weight is 371 g/mol.